The van der Waals surface area contributed by atoms with E-state index >= 15 is 0 Å². The molecular formula is C22H21N5OS. The minimum atomic E-state index is 0.178. The molecule has 1 fully saturated rings. The van der Waals surface area contributed by atoms with Gasteiger partial charge in [0.05, 0.1) is 6.42 Å². The Labute approximate surface area is 172 Å². The first-order valence-electron chi connectivity index (χ1n) is 9.83. The van der Waals surface area contributed by atoms with Crippen LogP contribution in [0.15, 0.2) is 60.4 Å². The average molecular weight is 404 g/mol. The van der Waals surface area contributed by atoms with Crippen molar-refractivity contribution in [2.45, 2.75) is 25.2 Å². The summed E-state index contributed by atoms with van der Waals surface area (Å²) >= 11 is 1.63. The van der Waals surface area contributed by atoms with Crippen molar-refractivity contribution in [2.75, 3.05) is 13.1 Å². The Kier molecular flexibility index (Phi) is 4.81. The normalized spacial score (nSPS) is 17.0. The third kappa shape index (κ3) is 3.78. The lowest BCUT2D eigenvalue weighted by molar-refractivity contribution is -0.131. The maximum Gasteiger partial charge on any atom is 0.227 e. The second-order valence-corrected chi connectivity index (χ2v) is 8.40. The van der Waals surface area contributed by atoms with Crippen LogP contribution >= 0.6 is 11.3 Å². The quantitative estimate of drug-likeness (QED) is 0.520. The predicted molar refractivity (Wildman–Crippen MR) is 113 cm³/mol. The molecule has 0 unspecified atom stereocenters. The third-order valence-corrected chi connectivity index (χ3v) is 6.26. The second-order valence-electron chi connectivity index (χ2n) is 7.37. The monoisotopic (exact) mass is 403 g/mol. The molecule has 0 bridgehead atoms. The Bertz CT molecular complexity index is 1120. The zero-order valence-corrected chi connectivity index (χ0v) is 16.8. The van der Waals surface area contributed by atoms with E-state index in [2.05, 4.69) is 4.98 Å². The maximum atomic E-state index is 12.7. The molecule has 1 atom stereocenters. The zero-order chi connectivity index (χ0) is 19.6. The first-order valence-corrected chi connectivity index (χ1v) is 10.7. The van der Waals surface area contributed by atoms with E-state index in [0.717, 1.165) is 46.9 Å². The number of thiophene rings is 1. The van der Waals surface area contributed by atoms with Gasteiger partial charge in [0.2, 0.25) is 5.91 Å². The fourth-order valence-corrected chi connectivity index (χ4v) is 4.56. The van der Waals surface area contributed by atoms with Gasteiger partial charge in [-0.05, 0) is 42.5 Å². The van der Waals surface area contributed by atoms with Crippen molar-refractivity contribution in [1.82, 2.24) is 24.5 Å². The van der Waals surface area contributed by atoms with Gasteiger partial charge in [0.1, 0.15) is 0 Å². The minimum Gasteiger partial charge on any atom is -0.342 e. The summed E-state index contributed by atoms with van der Waals surface area (Å²) in [6.07, 6.45) is 8.08. The van der Waals surface area contributed by atoms with Gasteiger partial charge in [-0.15, -0.1) is 11.3 Å². The van der Waals surface area contributed by atoms with Crippen molar-refractivity contribution in [1.29, 1.82) is 0 Å². The van der Waals surface area contributed by atoms with E-state index in [9.17, 15) is 4.79 Å². The van der Waals surface area contributed by atoms with Crippen LogP contribution in [0.25, 0.3) is 16.8 Å². The molecule has 0 aromatic carbocycles. The smallest absolute Gasteiger partial charge is 0.227 e. The molecule has 0 N–H and O–H groups in total. The second kappa shape index (κ2) is 7.75. The number of amides is 1. The predicted octanol–water partition coefficient (Wildman–Crippen LogP) is 3.80. The summed E-state index contributed by atoms with van der Waals surface area (Å²) in [6.45, 7) is 1.51. The van der Waals surface area contributed by atoms with Gasteiger partial charge in [0.25, 0.3) is 0 Å². The number of carbonyl (C=O) groups is 1. The molecule has 1 saturated heterocycles. The molecule has 29 heavy (non-hydrogen) atoms. The Morgan fingerprint density at radius 1 is 1.17 bits per heavy atom. The molecule has 1 aliphatic rings. The lowest BCUT2D eigenvalue weighted by atomic mass is 9.97. The van der Waals surface area contributed by atoms with Crippen molar-refractivity contribution in [3.63, 3.8) is 0 Å². The highest BCUT2D eigenvalue weighted by molar-refractivity contribution is 7.10. The summed E-state index contributed by atoms with van der Waals surface area (Å²) in [6, 6.07) is 12.0. The molecule has 1 aliphatic heterocycles. The maximum absolute atomic E-state index is 12.7. The number of aromatic nitrogens is 4. The molecule has 0 saturated carbocycles. The van der Waals surface area contributed by atoms with Crippen LogP contribution in [0.2, 0.25) is 0 Å². The van der Waals surface area contributed by atoms with Crippen molar-refractivity contribution >= 4 is 22.9 Å². The lowest BCUT2D eigenvalue weighted by Gasteiger charge is -2.31. The van der Waals surface area contributed by atoms with Crippen LogP contribution in [0.3, 0.4) is 0 Å². The number of carbonyl (C=O) groups excluding carboxylic acids is 1. The number of hydrogen-bond donors (Lipinski definition) is 0. The Morgan fingerprint density at radius 2 is 2.14 bits per heavy atom. The van der Waals surface area contributed by atoms with Crippen molar-refractivity contribution in [2.24, 2.45) is 0 Å². The van der Waals surface area contributed by atoms with E-state index < -0.39 is 0 Å². The van der Waals surface area contributed by atoms with Crippen LogP contribution in [-0.2, 0) is 11.2 Å². The van der Waals surface area contributed by atoms with Gasteiger partial charge < -0.3 is 4.90 Å². The van der Waals surface area contributed by atoms with Gasteiger partial charge in [-0.1, -0.05) is 12.1 Å². The number of likely N-dealkylation sites (tertiary alicyclic amines) is 1. The molecule has 6 nitrogen and oxygen atoms in total. The van der Waals surface area contributed by atoms with E-state index in [1.54, 1.807) is 17.5 Å². The fourth-order valence-electron chi connectivity index (χ4n) is 3.87. The van der Waals surface area contributed by atoms with Gasteiger partial charge in [-0.25, -0.2) is 9.50 Å². The summed E-state index contributed by atoms with van der Waals surface area (Å²) in [5.74, 6) is 1.19. The Morgan fingerprint density at radius 3 is 2.97 bits per heavy atom. The SMILES string of the molecule is O=C(Cc1cccs1)N1CCC[C@@H](c2nc3ccc(-c4cccnc4)cn3n2)C1. The van der Waals surface area contributed by atoms with E-state index in [1.807, 2.05) is 63.6 Å². The molecule has 0 radical (unpaired) electrons. The first kappa shape index (κ1) is 18.0. The molecule has 0 aliphatic carbocycles. The van der Waals surface area contributed by atoms with Gasteiger partial charge in [-0.3, -0.25) is 9.78 Å². The lowest BCUT2D eigenvalue weighted by Crippen LogP contribution is -2.40. The molecular weight excluding hydrogens is 382 g/mol. The minimum absolute atomic E-state index is 0.178. The summed E-state index contributed by atoms with van der Waals surface area (Å²) in [7, 11) is 0. The van der Waals surface area contributed by atoms with Crippen LogP contribution in [-0.4, -0.2) is 43.5 Å². The number of pyridine rings is 2. The van der Waals surface area contributed by atoms with Gasteiger partial charge in [0, 0.05) is 53.6 Å². The van der Waals surface area contributed by atoms with Gasteiger partial charge in [0.15, 0.2) is 11.5 Å². The highest BCUT2D eigenvalue weighted by Gasteiger charge is 2.27. The van der Waals surface area contributed by atoms with E-state index in [4.69, 9.17) is 10.1 Å². The van der Waals surface area contributed by atoms with Crippen LogP contribution in [0.4, 0.5) is 0 Å². The van der Waals surface area contributed by atoms with Gasteiger partial charge in [-0.2, -0.15) is 5.10 Å². The number of hydrogen-bond acceptors (Lipinski definition) is 5. The van der Waals surface area contributed by atoms with E-state index in [0.29, 0.717) is 13.0 Å². The fraction of sp³-hybridized carbons (Fsp3) is 0.273. The first-order chi connectivity index (χ1) is 14.3. The summed E-state index contributed by atoms with van der Waals surface area (Å²) in [4.78, 5) is 24.7. The van der Waals surface area contributed by atoms with Crippen molar-refractivity contribution in [3.8, 4) is 11.1 Å². The molecule has 7 heteroatoms. The van der Waals surface area contributed by atoms with E-state index in [1.165, 1.54) is 0 Å². The summed E-state index contributed by atoms with van der Waals surface area (Å²) in [5, 5.41) is 6.76. The third-order valence-electron chi connectivity index (χ3n) is 5.39. The standard InChI is InChI=1S/C22H21N5OS/c28-21(12-19-6-3-11-29-19)26-10-2-5-18(14-26)22-24-20-8-7-17(15-27(20)25-22)16-4-1-9-23-13-16/h1,3-4,6-9,11,13,15,18H,2,5,10,12,14H2/t18-/m1/s1. The molecule has 146 valence electrons. The van der Waals surface area contributed by atoms with Crippen molar-refractivity contribution in [3.05, 3.63) is 71.1 Å². The summed E-state index contributed by atoms with van der Waals surface area (Å²) in [5.41, 5.74) is 2.93. The highest BCUT2D eigenvalue weighted by atomic mass is 32.1. The van der Waals surface area contributed by atoms with Crippen LogP contribution in [0.5, 0.6) is 0 Å². The van der Waals surface area contributed by atoms with Crippen LogP contribution < -0.4 is 0 Å². The topological polar surface area (TPSA) is 63.4 Å². The summed E-state index contributed by atoms with van der Waals surface area (Å²) < 4.78 is 1.84. The number of fused-ring (bicyclic) bond motifs is 1. The Balaban J connectivity index is 1.35. The van der Waals surface area contributed by atoms with E-state index in [-0.39, 0.29) is 11.8 Å². The molecule has 5 heterocycles. The molecule has 1 amide bonds. The molecule has 0 spiro atoms. The van der Waals surface area contributed by atoms with Gasteiger partial charge >= 0.3 is 0 Å². The zero-order valence-electron chi connectivity index (χ0n) is 15.9. The largest absolute Gasteiger partial charge is 0.342 e. The average Bonchev–Trinajstić information content (AvgIpc) is 3.43. The number of rotatable bonds is 4. The highest BCUT2D eigenvalue weighted by Crippen LogP contribution is 2.27. The molecule has 4 aromatic rings. The number of piperidine rings is 1. The Hall–Kier alpha value is -3.06. The van der Waals surface area contributed by atoms with Crippen molar-refractivity contribution < 1.29 is 4.79 Å². The van der Waals surface area contributed by atoms with Crippen LogP contribution in [0, 0.1) is 0 Å². The molecule has 4 aromatic heterocycles. The number of nitrogens with zero attached hydrogens (tertiary/aromatic N) is 5. The molecule has 5 rings (SSSR count). The van der Waals surface area contributed by atoms with Crippen LogP contribution in [0.1, 0.15) is 29.5 Å².